The van der Waals surface area contributed by atoms with Crippen LogP contribution in [0.3, 0.4) is 0 Å². The molecule has 0 atom stereocenters. The molecule has 1 aliphatic heterocycles. The van der Waals surface area contributed by atoms with Crippen molar-refractivity contribution in [1.82, 2.24) is 14.8 Å². The molecule has 5 nitrogen and oxygen atoms in total. The first-order valence-corrected chi connectivity index (χ1v) is 8.40. The minimum Gasteiger partial charge on any atom is -0.362 e. The van der Waals surface area contributed by atoms with Crippen molar-refractivity contribution in [3.63, 3.8) is 0 Å². The number of hydrogen-bond acceptors (Lipinski definition) is 3. The van der Waals surface area contributed by atoms with E-state index in [1.54, 1.807) is 4.90 Å². The molecule has 1 aromatic heterocycles. The Bertz CT molecular complexity index is 774. The topological polar surface area (TPSA) is 56.4 Å². The van der Waals surface area contributed by atoms with E-state index in [2.05, 4.69) is 9.88 Å². The Morgan fingerprint density at radius 3 is 2.28 bits per heavy atom. The summed E-state index contributed by atoms with van der Waals surface area (Å²) in [6.07, 6.45) is 0. The normalized spacial score (nSPS) is 15.4. The summed E-state index contributed by atoms with van der Waals surface area (Å²) >= 11 is 0. The number of piperazine rings is 1. The fourth-order valence-corrected chi connectivity index (χ4v) is 3.19. The third-order valence-corrected chi connectivity index (χ3v) is 4.57. The second-order valence-electron chi connectivity index (χ2n) is 6.49. The Hall–Kier alpha value is -2.47. The molecule has 1 aromatic carbocycles. The Morgan fingerprint density at radius 2 is 1.72 bits per heavy atom. The van der Waals surface area contributed by atoms with E-state index in [4.69, 9.17) is 0 Å². The maximum Gasteiger partial charge on any atom is 0.253 e. The third-order valence-electron chi connectivity index (χ3n) is 4.57. The molecule has 1 N–H and O–H groups in total. The molecule has 2 heterocycles. The summed E-state index contributed by atoms with van der Waals surface area (Å²) in [7, 11) is 0. The van der Waals surface area contributed by atoms with Gasteiger partial charge >= 0.3 is 0 Å². The summed E-state index contributed by atoms with van der Waals surface area (Å²) in [6, 6.07) is 7.48. The fraction of sp³-hybridized carbons (Fsp3) is 0.368. The first-order chi connectivity index (χ1) is 11.9. The number of H-pyrrole nitrogens is 1. The molecule has 1 fully saturated rings. The number of carbonyl (C=O) groups is 2. The van der Waals surface area contributed by atoms with Crippen LogP contribution in [0.4, 0.5) is 4.39 Å². The van der Waals surface area contributed by atoms with Crippen LogP contribution in [0, 0.1) is 19.7 Å². The summed E-state index contributed by atoms with van der Waals surface area (Å²) in [5, 5.41) is 0. The van der Waals surface area contributed by atoms with Gasteiger partial charge in [0.15, 0.2) is 5.78 Å². The number of nitrogens with one attached hydrogen (secondary N) is 1. The van der Waals surface area contributed by atoms with Crippen LogP contribution in [0.15, 0.2) is 30.3 Å². The van der Waals surface area contributed by atoms with Gasteiger partial charge in [0, 0.05) is 48.7 Å². The monoisotopic (exact) mass is 343 g/mol. The first kappa shape index (κ1) is 17.4. The van der Waals surface area contributed by atoms with E-state index in [1.807, 2.05) is 19.9 Å². The van der Waals surface area contributed by atoms with Crippen molar-refractivity contribution in [1.29, 1.82) is 0 Å². The van der Waals surface area contributed by atoms with Crippen LogP contribution >= 0.6 is 0 Å². The van der Waals surface area contributed by atoms with Crippen LogP contribution in [-0.2, 0) is 0 Å². The number of rotatable bonds is 4. The van der Waals surface area contributed by atoms with Gasteiger partial charge < -0.3 is 9.88 Å². The van der Waals surface area contributed by atoms with Gasteiger partial charge in [-0.25, -0.2) is 4.39 Å². The van der Waals surface area contributed by atoms with Crippen molar-refractivity contribution in [3.05, 3.63) is 58.7 Å². The van der Waals surface area contributed by atoms with Crippen LogP contribution in [0.5, 0.6) is 0 Å². The number of hydrogen-bond donors (Lipinski definition) is 1. The Morgan fingerprint density at radius 1 is 1.08 bits per heavy atom. The molecule has 1 amide bonds. The van der Waals surface area contributed by atoms with Crippen LogP contribution < -0.4 is 0 Å². The molecule has 0 unspecified atom stereocenters. The smallest absolute Gasteiger partial charge is 0.253 e. The molecule has 3 rings (SSSR count). The summed E-state index contributed by atoms with van der Waals surface area (Å²) in [6.45, 7) is 6.63. The number of ketones is 1. The molecular weight excluding hydrogens is 321 g/mol. The Balaban J connectivity index is 1.55. The van der Waals surface area contributed by atoms with Crippen molar-refractivity contribution in [2.45, 2.75) is 13.8 Å². The van der Waals surface area contributed by atoms with Gasteiger partial charge in [0.1, 0.15) is 5.82 Å². The second kappa shape index (κ2) is 7.19. The van der Waals surface area contributed by atoms with E-state index in [0.29, 0.717) is 38.3 Å². The van der Waals surface area contributed by atoms with E-state index in [0.717, 1.165) is 17.0 Å². The van der Waals surface area contributed by atoms with Gasteiger partial charge in [-0.2, -0.15) is 0 Å². The van der Waals surface area contributed by atoms with Crippen molar-refractivity contribution in [3.8, 4) is 0 Å². The van der Waals surface area contributed by atoms with Crippen LogP contribution in [0.2, 0.25) is 0 Å². The van der Waals surface area contributed by atoms with Gasteiger partial charge in [-0.05, 0) is 44.2 Å². The zero-order chi connectivity index (χ0) is 18.0. The van der Waals surface area contributed by atoms with Gasteiger partial charge in [0.05, 0.1) is 6.54 Å². The van der Waals surface area contributed by atoms with Gasteiger partial charge in [0.25, 0.3) is 5.91 Å². The highest BCUT2D eigenvalue weighted by atomic mass is 19.1. The molecule has 6 heteroatoms. The lowest BCUT2D eigenvalue weighted by Crippen LogP contribution is -2.49. The number of halogens is 1. The SMILES string of the molecule is Cc1cc(C(=O)CN2CCN(C(=O)c3ccc(F)cc3)CC2)c(C)[nH]1. The molecule has 0 spiro atoms. The molecule has 132 valence electrons. The zero-order valence-electron chi connectivity index (χ0n) is 14.5. The van der Waals surface area contributed by atoms with Gasteiger partial charge in [0.2, 0.25) is 0 Å². The largest absolute Gasteiger partial charge is 0.362 e. The number of aromatic amines is 1. The lowest BCUT2D eigenvalue weighted by Gasteiger charge is -2.34. The highest BCUT2D eigenvalue weighted by molar-refractivity contribution is 5.99. The number of benzene rings is 1. The van der Waals surface area contributed by atoms with Crippen molar-refractivity contribution in [2.75, 3.05) is 32.7 Å². The molecule has 0 radical (unpaired) electrons. The van der Waals surface area contributed by atoms with E-state index in [1.165, 1.54) is 24.3 Å². The summed E-state index contributed by atoms with van der Waals surface area (Å²) in [5.41, 5.74) is 3.11. The van der Waals surface area contributed by atoms with E-state index in [-0.39, 0.29) is 17.5 Å². The number of carbonyl (C=O) groups excluding carboxylic acids is 2. The van der Waals surface area contributed by atoms with E-state index in [9.17, 15) is 14.0 Å². The second-order valence-corrected chi connectivity index (χ2v) is 6.49. The quantitative estimate of drug-likeness (QED) is 0.868. The molecule has 25 heavy (non-hydrogen) atoms. The number of aryl methyl sites for hydroxylation is 2. The van der Waals surface area contributed by atoms with Crippen molar-refractivity contribution >= 4 is 11.7 Å². The fourth-order valence-electron chi connectivity index (χ4n) is 3.19. The standard InChI is InChI=1S/C19H22FN3O2/c1-13-11-17(14(2)21-13)18(24)12-22-7-9-23(10-8-22)19(25)15-3-5-16(20)6-4-15/h3-6,11,21H,7-10,12H2,1-2H3. The summed E-state index contributed by atoms with van der Waals surface area (Å²) < 4.78 is 13.0. The number of nitrogens with zero attached hydrogens (tertiary/aromatic N) is 2. The highest BCUT2D eigenvalue weighted by Crippen LogP contribution is 2.13. The molecule has 2 aromatic rings. The van der Waals surface area contributed by atoms with E-state index < -0.39 is 0 Å². The molecule has 1 aliphatic rings. The average molecular weight is 343 g/mol. The Labute approximate surface area is 146 Å². The van der Waals surface area contributed by atoms with Crippen LogP contribution in [0.1, 0.15) is 32.1 Å². The van der Waals surface area contributed by atoms with E-state index >= 15 is 0 Å². The minimum absolute atomic E-state index is 0.0944. The molecular formula is C19H22FN3O2. The molecule has 0 saturated carbocycles. The third kappa shape index (κ3) is 3.96. The molecule has 0 bridgehead atoms. The number of amides is 1. The Kier molecular flexibility index (Phi) is 4.99. The highest BCUT2D eigenvalue weighted by Gasteiger charge is 2.24. The molecule has 1 saturated heterocycles. The predicted molar refractivity (Wildman–Crippen MR) is 93.3 cm³/mol. The van der Waals surface area contributed by atoms with Crippen molar-refractivity contribution in [2.24, 2.45) is 0 Å². The lowest BCUT2D eigenvalue weighted by atomic mass is 10.1. The number of Topliss-reactive ketones (excluding diaryl/α,β-unsaturated/α-hetero) is 1. The maximum absolute atomic E-state index is 13.0. The van der Waals surface area contributed by atoms with Crippen molar-refractivity contribution < 1.29 is 14.0 Å². The van der Waals surface area contributed by atoms with Gasteiger partial charge in [-0.15, -0.1) is 0 Å². The molecule has 0 aliphatic carbocycles. The maximum atomic E-state index is 13.0. The minimum atomic E-state index is -0.352. The average Bonchev–Trinajstić information content (AvgIpc) is 2.94. The lowest BCUT2D eigenvalue weighted by molar-refractivity contribution is 0.0624. The zero-order valence-corrected chi connectivity index (χ0v) is 14.5. The summed E-state index contributed by atoms with van der Waals surface area (Å²) in [4.78, 5) is 31.8. The number of aromatic nitrogens is 1. The van der Waals surface area contributed by atoms with Crippen LogP contribution in [0.25, 0.3) is 0 Å². The van der Waals surface area contributed by atoms with Gasteiger partial charge in [-0.1, -0.05) is 0 Å². The van der Waals surface area contributed by atoms with Gasteiger partial charge in [-0.3, -0.25) is 14.5 Å². The predicted octanol–water partition coefficient (Wildman–Crippen LogP) is 2.41. The summed E-state index contributed by atoms with van der Waals surface area (Å²) in [5.74, 6) is -0.349. The first-order valence-electron chi connectivity index (χ1n) is 8.40. The van der Waals surface area contributed by atoms with Crippen LogP contribution in [-0.4, -0.2) is 59.2 Å².